The Kier molecular flexibility index (Phi) is 8.24. The summed E-state index contributed by atoms with van der Waals surface area (Å²) in [7, 11) is 0. The average molecular weight is 469 g/mol. The standard InChI is InChI=1S/C26H33ClN4O2/c27-23-9-11-24(12-10-23)29-26(33)31-17-4-8-22(19-31)20-6-3-7-21(18-20)25(32)28-13-5-16-30-14-1-2-15-30/h3,6-7,9-12,18,22H,1-2,4-5,8,13-17,19H2,(H,28,32)(H,29,33)/t22-/m0/s1. The van der Waals surface area contributed by atoms with Crippen molar-refractivity contribution in [1.82, 2.24) is 15.1 Å². The Morgan fingerprint density at radius 2 is 1.79 bits per heavy atom. The van der Waals surface area contributed by atoms with Gasteiger partial charge in [0.25, 0.3) is 5.91 Å². The lowest BCUT2D eigenvalue weighted by Gasteiger charge is -2.33. The molecule has 2 aliphatic rings. The maximum absolute atomic E-state index is 12.8. The van der Waals surface area contributed by atoms with Crippen LogP contribution in [0.2, 0.25) is 5.02 Å². The van der Waals surface area contributed by atoms with Gasteiger partial charge in [-0.25, -0.2) is 4.79 Å². The van der Waals surface area contributed by atoms with E-state index in [1.807, 2.05) is 23.1 Å². The van der Waals surface area contributed by atoms with Crippen molar-refractivity contribution in [1.29, 1.82) is 0 Å². The van der Waals surface area contributed by atoms with E-state index in [1.54, 1.807) is 24.3 Å². The van der Waals surface area contributed by atoms with Crippen molar-refractivity contribution < 1.29 is 9.59 Å². The lowest BCUT2D eigenvalue weighted by molar-refractivity contribution is 0.0951. The minimum atomic E-state index is -0.103. The zero-order valence-electron chi connectivity index (χ0n) is 19.1. The molecule has 33 heavy (non-hydrogen) atoms. The van der Waals surface area contributed by atoms with Crippen LogP contribution in [0.15, 0.2) is 48.5 Å². The summed E-state index contributed by atoms with van der Waals surface area (Å²) in [6, 6.07) is 14.9. The van der Waals surface area contributed by atoms with Crippen LogP contribution in [0.5, 0.6) is 0 Å². The number of halogens is 1. The number of benzene rings is 2. The van der Waals surface area contributed by atoms with Crippen LogP contribution in [0.25, 0.3) is 0 Å². The van der Waals surface area contributed by atoms with Crippen molar-refractivity contribution in [3.8, 4) is 0 Å². The third kappa shape index (κ3) is 6.71. The summed E-state index contributed by atoms with van der Waals surface area (Å²) in [4.78, 5) is 29.7. The number of hydrogen-bond acceptors (Lipinski definition) is 3. The van der Waals surface area contributed by atoms with E-state index in [0.29, 0.717) is 23.7 Å². The Morgan fingerprint density at radius 1 is 1.00 bits per heavy atom. The number of piperidine rings is 1. The summed E-state index contributed by atoms with van der Waals surface area (Å²) in [5.41, 5.74) is 2.54. The van der Waals surface area contributed by atoms with Crippen LogP contribution in [0, 0.1) is 0 Å². The van der Waals surface area contributed by atoms with Gasteiger partial charge in [-0.3, -0.25) is 4.79 Å². The largest absolute Gasteiger partial charge is 0.352 e. The molecule has 0 aliphatic carbocycles. The van der Waals surface area contributed by atoms with Crippen molar-refractivity contribution in [3.63, 3.8) is 0 Å². The molecule has 0 saturated carbocycles. The second kappa shape index (κ2) is 11.5. The highest BCUT2D eigenvalue weighted by molar-refractivity contribution is 6.30. The molecule has 2 saturated heterocycles. The van der Waals surface area contributed by atoms with Crippen molar-refractivity contribution in [3.05, 3.63) is 64.7 Å². The van der Waals surface area contributed by atoms with Crippen molar-refractivity contribution in [2.75, 3.05) is 44.6 Å². The van der Waals surface area contributed by atoms with E-state index >= 15 is 0 Å². The molecule has 0 radical (unpaired) electrons. The van der Waals surface area contributed by atoms with Crippen molar-refractivity contribution in [2.45, 2.75) is 38.0 Å². The lowest BCUT2D eigenvalue weighted by atomic mass is 9.89. The van der Waals surface area contributed by atoms with Gasteiger partial charge in [-0.1, -0.05) is 23.7 Å². The van der Waals surface area contributed by atoms with Gasteiger partial charge >= 0.3 is 6.03 Å². The zero-order chi connectivity index (χ0) is 23.0. The smallest absolute Gasteiger partial charge is 0.321 e. The molecule has 176 valence electrons. The summed E-state index contributed by atoms with van der Waals surface area (Å²) in [6.07, 6.45) is 5.50. The maximum atomic E-state index is 12.8. The van der Waals surface area contributed by atoms with E-state index in [2.05, 4.69) is 21.6 Å². The van der Waals surface area contributed by atoms with Gasteiger partial charge < -0.3 is 20.4 Å². The fraction of sp³-hybridized carbons (Fsp3) is 0.462. The number of carbonyl (C=O) groups is 2. The Balaban J connectivity index is 1.29. The Bertz CT molecular complexity index is 944. The molecule has 7 heteroatoms. The minimum absolute atomic E-state index is 0.0218. The highest BCUT2D eigenvalue weighted by Gasteiger charge is 2.25. The Hall–Kier alpha value is -2.57. The lowest BCUT2D eigenvalue weighted by Crippen LogP contribution is -2.41. The Morgan fingerprint density at radius 3 is 2.58 bits per heavy atom. The predicted molar refractivity (Wildman–Crippen MR) is 133 cm³/mol. The molecule has 0 spiro atoms. The molecule has 2 heterocycles. The molecular weight excluding hydrogens is 436 g/mol. The number of nitrogens with zero attached hydrogens (tertiary/aromatic N) is 2. The van der Waals surface area contributed by atoms with Crippen LogP contribution >= 0.6 is 11.6 Å². The Labute approximate surface area is 201 Å². The average Bonchev–Trinajstić information content (AvgIpc) is 3.37. The van der Waals surface area contributed by atoms with E-state index in [1.165, 1.54) is 25.9 Å². The predicted octanol–water partition coefficient (Wildman–Crippen LogP) is 4.97. The first-order valence-corrected chi connectivity index (χ1v) is 12.4. The number of likely N-dealkylation sites (tertiary alicyclic amines) is 2. The second-order valence-electron chi connectivity index (χ2n) is 9.01. The van der Waals surface area contributed by atoms with Crippen LogP contribution in [-0.2, 0) is 0 Å². The van der Waals surface area contributed by atoms with Gasteiger partial charge in [0.2, 0.25) is 0 Å². The van der Waals surface area contributed by atoms with Crippen LogP contribution in [0.1, 0.15) is 53.9 Å². The molecule has 6 nitrogen and oxygen atoms in total. The number of amides is 3. The minimum Gasteiger partial charge on any atom is -0.352 e. The summed E-state index contributed by atoms with van der Waals surface area (Å²) >= 11 is 5.93. The van der Waals surface area contributed by atoms with E-state index in [0.717, 1.165) is 43.6 Å². The van der Waals surface area contributed by atoms with Crippen LogP contribution < -0.4 is 10.6 Å². The monoisotopic (exact) mass is 468 g/mol. The van der Waals surface area contributed by atoms with Crippen molar-refractivity contribution in [2.24, 2.45) is 0 Å². The first-order valence-electron chi connectivity index (χ1n) is 12.0. The van der Waals surface area contributed by atoms with Gasteiger partial charge in [0, 0.05) is 41.8 Å². The molecule has 3 amide bonds. The number of anilines is 1. The first kappa shape index (κ1) is 23.6. The van der Waals surface area contributed by atoms with Crippen molar-refractivity contribution >= 4 is 29.2 Å². The van der Waals surface area contributed by atoms with Gasteiger partial charge in [0.05, 0.1) is 0 Å². The molecule has 1 atom stereocenters. The number of carbonyl (C=O) groups excluding carboxylic acids is 2. The number of rotatable bonds is 7. The summed E-state index contributed by atoms with van der Waals surface area (Å²) < 4.78 is 0. The molecule has 2 aromatic carbocycles. The molecule has 4 rings (SSSR count). The normalized spacial score (nSPS) is 18.8. The number of hydrogen-bond donors (Lipinski definition) is 2. The van der Waals surface area contributed by atoms with Crippen LogP contribution in [0.3, 0.4) is 0 Å². The van der Waals surface area contributed by atoms with E-state index < -0.39 is 0 Å². The summed E-state index contributed by atoms with van der Waals surface area (Å²) in [5.74, 6) is 0.198. The molecule has 2 aliphatic heterocycles. The van der Waals surface area contributed by atoms with Gasteiger partial charge in [-0.2, -0.15) is 0 Å². The number of urea groups is 1. The molecule has 0 bridgehead atoms. The number of nitrogens with one attached hydrogen (secondary N) is 2. The third-order valence-electron chi connectivity index (χ3n) is 6.56. The quantitative estimate of drug-likeness (QED) is 0.564. The van der Waals surface area contributed by atoms with Crippen LogP contribution in [0.4, 0.5) is 10.5 Å². The fourth-order valence-corrected chi connectivity index (χ4v) is 4.84. The highest BCUT2D eigenvalue weighted by atomic mass is 35.5. The summed E-state index contributed by atoms with van der Waals surface area (Å²) in [6.45, 7) is 5.49. The van der Waals surface area contributed by atoms with Gasteiger partial charge in [0.15, 0.2) is 0 Å². The topological polar surface area (TPSA) is 64.7 Å². The van der Waals surface area contributed by atoms with Gasteiger partial charge in [-0.15, -0.1) is 0 Å². The molecule has 0 unspecified atom stereocenters. The van der Waals surface area contributed by atoms with E-state index in [4.69, 9.17) is 11.6 Å². The fourth-order valence-electron chi connectivity index (χ4n) is 4.72. The molecule has 2 fully saturated rings. The van der Waals surface area contributed by atoms with Gasteiger partial charge in [-0.05, 0) is 93.7 Å². The summed E-state index contributed by atoms with van der Waals surface area (Å²) in [5, 5.41) is 6.65. The first-order chi connectivity index (χ1) is 16.1. The molecule has 2 N–H and O–H groups in total. The molecular formula is C26H33ClN4O2. The molecule has 0 aromatic heterocycles. The SMILES string of the molecule is O=C(NCCCN1CCCC1)c1cccc([C@H]2CCCN(C(=O)Nc3ccc(Cl)cc3)C2)c1. The van der Waals surface area contributed by atoms with E-state index in [9.17, 15) is 9.59 Å². The second-order valence-corrected chi connectivity index (χ2v) is 9.44. The van der Waals surface area contributed by atoms with Gasteiger partial charge in [0.1, 0.15) is 0 Å². The van der Waals surface area contributed by atoms with E-state index in [-0.39, 0.29) is 17.9 Å². The van der Waals surface area contributed by atoms with Crippen LogP contribution in [-0.4, -0.2) is 61.0 Å². The maximum Gasteiger partial charge on any atom is 0.321 e. The molecule has 2 aromatic rings. The highest BCUT2D eigenvalue weighted by Crippen LogP contribution is 2.28. The third-order valence-corrected chi connectivity index (χ3v) is 6.81. The zero-order valence-corrected chi connectivity index (χ0v) is 19.8.